The molecule has 0 saturated heterocycles. The summed E-state index contributed by atoms with van der Waals surface area (Å²) in [6.45, 7) is 16.2. The fourth-order valence-electron chi connectivity index (χ4n) is 14.6. The van der Waals surface area contributed by atoms with Gasteiger partial charge in [-0.2, -0.15) is 0 Å². The van der Waals surface area contributed by atoms with E-state index in [1.807, 2.05) is 64.6 Å². The summed E-state index contributed by atoms with van der Waals surface area (Å²) in [6, 6.07) is 17.8. The summed E-state index contributed by atoms with van der Waals surface area (Å²) in [5.41, 5.74) is 14.6. The van der Waals surface area contributed by atoms with Crippen LogP contribution in [0.15, 0.2) is 116 Å². The topological polar surface area (TPSA) is 290 Å². The molecule has 0 radical (unpaired) electrons. The molecular weight excluding hydrogens is 1390 g/mol. The third-order valence-corrected chi connectivity index (χ3v) is 21.3. The molecule has 4 aliphatic rings. The number of hydrogen-bond acceptors (Lipinski definition) is 19. The molecule has 0 fully saturated rings. The van der Waals surface area contributed by atoms with Gasteiger partial charge in [0.2, 0.25) is 0 Å². The normalized spacial score (nSPS) is 14.7. The summed E-state index contributed by atoms with van der Waals surface area (Å²) in [4.78, 5) is 64.6. The molecule has 12 heterocycles. The van der Waals surface area contributed by atoms with Crippen molar-refractivity contribution in [2.24, 2.45) is 0 Å². The molecule has 8 aromatic heterocycles. The summed E-state index contributed by atoms with van der Waals surface area (Å²) in [5, 5.41) is 33.2. The van der Waals surface area contributed by atoms with E-state index in [1.54, 1.807) is 24.8 Å². The number of aliphatic hydroxyl groups excluding tert-OH is 1. The van der Waals surface area contributed by atoms with Gasteiger partial charge in [-0.3, -0.25) is 4.79 Å². The average Bonchev–Trinajstić information content (AvgIpc) is 1.84. The number of fused-ring (bicyclic) bond motifs is 4. The molecule has 0 spiro atoms. The molecule has 0 saturated carbocycles. The number of nitrogens with zero attached hydrogens (tertiary/aromatic N) is 12. The summed E-state index contributed by atoms with van der Waals surface area (Å²) < 4.78 is 0. The summed E-state index contributed by atoms with van der Waals surface area (Å²) >= 11 is 0. The third-order valence-electron chi connectivity index (χ3n) is 21.3. The zero-order valence-corrected chi connectivity index (χ0v) is 70.1. The van der Waals surface area contributed by atoms with Gasteiger partial charge in [-0.05, 0) is 276 Å². The van der Waals surface area contributed by atoms with Crippen molar-refractivity contribution in [3.05, 3.63) is 207 Å². The zero-order valence-electron chi connectivity index (χ0n) is 68.1. The van der Waals surface area contributed by atoms with Crippen LogP contribution < -0.4 is 50.8 Å². The van der Waals surface area contributed by atoms with Crippen LogP contribution in [0.4, 0.5) is 23.3 Å². The van der Waals surface area contributed by atoms with Gasteiger partial charge in [0.15, 0.2) is 0 Å². The molecule has 7 N–H and O–H groups in total. The molecule has 0 amide bonds. The number of aliphatic carboxylic acids is 1. The number of anilines is 4. The summed E-state index contributed by atoms with van der Waals surface area (Å²) in [5.74, 6) is 7.81. The minimum absolute atomic E-state index is 0. The van der Waals surface area contributed by atoms with E-state index in [0.717, 1.165) is 193 Å². The zero-order chi connectivity index (χ0) is 76.5. The first-order valence-electron chi connectivity index (χ1n) is 41.6. The van der Waals surface area contributed by atoms with E-state index in [1.165, 1.54) is 160 Å². The Hall–Kier alpha value is -8.01. The van der Waals surface area contributed by atoms with E-state index in [-0.39, 0.29) is 47.4 Å². The molecule has 0 aromatic carbocycles. The molecule has 0 unspecified atom stereocenters. The molecule has 0 bridgehead atoms. The van der Waals surface area contributed by atoms with Crippen LogP contribution in [0.25, 0.3) is 6.08 Å². The van der Waals surface area contributed by atoms with Gasteiger partial charge in [-0.15, -0.1) is 0 Å². The first kappa shape index (κ1) is 90.2. The summed E-state index contributed by atoms with van der Waals surface area (Å²) in [6.07, 6.45) is 61.7. The van der Waals surface area contributed by atoms with Crippen LogP contribution in [0.2, 0.25) is 0 Å². The van der Waals surface area contributed by atoms with Crippen molar-refractivity contribution in [1.82, 2.24) is 59.8 Å². The maximum absolute atomic E-state index is 11.2. The minimum Gasteiger partial charge on any atom is -0.870 e. The molecule has 12 rings (SSSR count). The van der Waals surface area contributed by atoms with Gasteiger partial charge in [0.05, 0.1) is 12.5 Å². The molecule has 20 nitrogen and oxygen atoms in total. The number of aryl methyl sites for hydroxylation is 12. The Kier molecular flexibility index (Phi) is 41.9. The van der Waals surface area contributed by atoms with Crippen LogP contribution in [0.1, 0.15) is 296 Å². The van der Waals surface area contributed by atoms with Gasteiger partial charge in [-0.25, -0.2) is 59.8 Å². The number of hydrogen-bond donors (Lipinski definition) is 6. The molecule has 4 atom stereocenters. The number of pyridine rings is 4. The van der Waals surface area contributed by atoms with Gasteiger partial charge < -0.3 is 37.0 Å². The van der Waals surface area contributed by atoms with E-state index < -0.39 is 12.1 Å². The van der Waals surface area contributed by atoms with E-state index >= 15 is 0 Å². The van der Waals surface area contributed by atoms with E-state index in [2.05, 4.69) is 136 Å². The van der Waals surface area contributed by atoms with Crippen LogP contribution in [0, 0.1) is 27.7 Å². The molecule has 21 heteroatoms. The molecule has 4 aliphatic heterocycles. The Labute approximate surface area is 685 Å². The Balaban J connectivity index is 0.000000204. The fraction of sp³-hybridized carbons (Fsp3) is 0.544. The van der Waals surface area contributed by atoms with Crippen LogP contribution in [-0.4, -0.2) is 114 Å². The first-order valence-corrected chi connectivity index (χ1v) is 41.6. The van der Waals surface area contributed by atoms with Gasteiger partial charge in [0, 0.05) is 110 Å². The number of aliphatic hydroxyl groups is 1. The SMILES string of the molecule is CC[C@H](/C=C/CCCCc1ccc2c(n1)NCCCC2)c1cnc(C)nc1.CC[C@H](CCCCCCc1ccc2c(n1)NCCCC2)c1cnc(C)nc1.Cc1ncc(/C=C/[C@H](O)CCCCc2ccc3c(n2)NCCCC3)cn1.Cc1ncc([C@@H](CCCCCCc2ccc3c(n2)NCCCC3)CC(=O)O)cn1.[Na+].[OH-]. The van der Waals surface area contributed by atoms with Crippen LogP contribution in [0.3, 0.4) is 0 Å². The van der Waals surface area contributed by atoms with E-state index in [9.17, 15) is 15.0 Å². The van der Waals surface area contributed by atoms with Crippen LogP contribution >= 0.6 is 0 Å². The van der Waals surface area contributed by atoms with Crippen molar-refractivity contribution in [2.75, 3.05) is 47.4 Å². The van der Waals surface area contributed by atoms with Crippen LogP contribution in [0.5, 0.6) is 0 Å². The smallest absolute Gasteiger partial charge is 0.870 e. The largest absolute Gasteiger partial charge is 1.00 e. The van der Waals surface area contributed by atoms with E-state index in [4.69, 9.17) is 19.9 Å². The average molecular weight is 1520 g/mol. The Morgan fingerprint density at radius 3 is 1.14 bits per heavy atom. The maximum atomic E-state index is 11.2. The standard InChI is InChI=1S/C23H32N4O2.C23H34N4.C23H32N4.C21H28N4O.Na.H2O/c1-17-25-15-20(16-26-17)19(14-22(28)29)9-4-2-3-5-10-21-12-11-18-8-6-7-13-24-23(18)27-21;2*1-3-19(21-16-25-18(2)26-17-21)10-6-4-5-7-12-22-14-13-20-11-8-9-15-24-23(20)27-22;1-16-23-14-17(15-24-16)9-12-20(26)8-3-2-7-19-11-10-18-6-4-5-13-22-21(18)25-19;;/h11-12,15-16,19H,2-10,13-14H2,1H3,(H,24,27)(H,28,29);13-14,16-17,19H,3-12,15H2,1-2H3,(H,24,27);6,10,13-14,16-17,19H,3-5,7-9,11-12,15H2,1-2H3,(H,24,27);9-12,14-15,20,26H,2-8,13H2,1H3,(H,22,25);;1H2/q;;;;+1;/p-1/b;;10-6+;12-9+;;/t3*19-;20-;;/m0111../s1. The van der Waals surface area contributed by atoms with Gasteiger partial charge in [-0.1, -0.05) is 107 Å². The molecule has 592 valence electrons. The minimum atomic E-state index is -0.765. The van der Waals surface area contributed by atoms with E-state index in [0.29, 0.717) is 17.7 Å². The molecule has 8 aromatic rings. The second-order valence-corrected chi connectivity index (χ2v) is 30.2. The number of unbranched alkanes of at least 4 members (excludes halogenated alkanes) is 9. The van der Waals surface area contributed by atoms with Gasteiger partial charge in [0.1, 0.15) is 46.6 Å². The number of allylic oxidation sites excluding steroid dienone is 2. The Morgan fingerprint density at radius 2 is 0.757 bits per heavy atom. The quantitative estimate of drug-likeness (QED) is 0.0124. The number of carboxylic acids is 1. The second kappa shape index (κ2) is 51.6. The van der Waals surface area contributed by atoms with Crippen molar-refractivity contribution in [3.63, 3.8) is 0 Å². The van der Waals surface area contributed by atoms with Gasteiger partial charge >= 0.3 is 35.5 Å². The number of aromatic nitrogens is 12. The third kappa shape index (κ3) is 33.3. The van der Waals surface area contributed by atoms with Crippen molar-refractivity contribution >= 4 is 35.3 Å². The van der Waals surface area contributed by atoms with Crippen molar-refractivity contribution in [2.45, 2.75) is 290 Å². The predicted octanol–water partition coefficient (Wildman–Crippen LogP) is 16.2. The predicted molar refractivity (Wildman–Crippen MR) is 446 cm³/mol. The molecule has 0 aliphatic carbocycles. The molecular formula is C90H127N16NaO4. The van der Waals surface area contributed by atoms with Crippen molar-refractivity contribution < 1.29 is 50.0 Å². The monoisotopic (exact) mass is 1520 g/mol. The number of nitrogens with one attached hydrogen (secondary N) is 4. The van der Waals surface area contributed by atoms with Crippen LogP contribution in [-0.2, 0) is 56.2 Å². The number of rotatable bonds is 34. The Morgan fingerprint density at radius 1 is 0.414 bits per heavy atom. The summed E-state index contributed by atoms with van der Waals surface area (Å²) in [7, 11) is 0. The first-order chi connectivity index (χ1) is 53.3. The molecule has 111 heavy (non-hydrogen) atoms. The number of carbonyl (C=O) groups is 1. The number of carboxylic acid groups (broad SMARTS) is 1. The van der Waals surface area contributed by atoms with Crippen molar-refractivity contribution in [1.29, 1.82) is 0 Å². The Bertz CT molecular complexity index is 4000. The van der Waals surface area contributed by atoms with Crippen molar-refractivity contribution in [3.8, 4) is 0 Å². The fourth-order valence-corrected chi connectivity index (χ4v) is 14.6. The van der Waals surface area contributed by atoms with Gasteiger partial charge in [0.25, 0.3) is 0 Å². The maximum Gasteiger partial charge on any atom is 1.00 e. The second-order valence-electron chi connectivity index (χ2n) is 30.2.